The molecule has 4 nitrogen and oxygen atoms in total. The topological polar surface area (TPSA) is 68.1 Å². The van der Waals surface area contributed by atoms with Crippen molar-refractivity contribution in [1.82, 2.24) is 4.98 Å². The maximum absolute atomic E-state index is 10.9. The number of nitrogens with two attached hydrogens (primary N) is 1. The van der Waals surface area contributed by atoms with Crippen molar-refractivity contribution in [3.05, 3.63) is 30.0 Å². The second kappa shape index (κ2) is 3.06. The molecule has 0 aliphatic rings. The third-order valence-electron chi connectivity index (χ3n) is 2.10. The Morgan fingerprint density at radius 1 is 1.43 bits per heavy atom. The summed E-state index contributed by atoms with van der Waals surface area (Å²) in [5.74, 6) is 0.288. The average molecular weight is 190 g/mol. The number of hydrogen-bond donors (Lipinski definition) is 2. The zero-order valence-corrected chi connectivity index (χ0v) is 7.70. The number of methoxy groups -OCH3 is 1. The van der Waals surface area contributed by atoms with Gasteiger partial charge in [-0.05, 0) is 18.2 Å². The van der Waals surface area contributed by atoms with Gasteiger partial charge in [-0.2, -0.15) is 0 Å². The summed E-state index contributed by atoms with van der Waals surface area (Å²) in [6.07, 6.45) is 0. The quantitative estimate of drug-likeness (QED) is 0.748. The van der Waals surface area contributed by atoms with E-state index < -0.39 is 5.91 Å². The minimum atomic E-state index is -0.458. The molecule has 3 N–H and O–H groups in total. The van der Waals surface area contributed by atoms with Crippen LogP contribution in [0.3, 0.4) is 0 Å². The monoisotopic (exact) mass is 190 g/mol. The van der Waals surface area contributed by atoms with Crippen molar-refractivity contribution < 1.29 is 9.53 Å². The van der Waals surface area contributed by atoms with E-state index in [2.05, 4.69) is 4.98 Å². The minimum absolute atomic E-state index is 0.410. The molecule has 0 unspecified atom stereocenters. The Bertz CT molecular complexity index is 488. The first-order chi connectivity index (χ1) is 6.70. The molecular weight excluding hydrogens is 180 g/mol. The number of fused-ring (bicyclic) bond motifs is 1. The number of hydrogen-bond acceptors (Lipinski definition) is 2. The van der Waals surface area contributed by atoms with Gasteiger partial charge in [0.25, 0.3) is 5.91 Å². The van der Waals surface area contributed by atoms with Gasteiger partial charge in [-0.3, -0.25) is 4.79 Å². The molecule has 4 heteroatoms. The first-order valence-corrected chi connectivity index (χ1v) is 4.17. The lowest BCUT2D eigenvalue weighted by molar-refractivity contribution is 0.0996. The summed E-state index contributed by atoms with van der Waals surface area (Å²) < 4.78 is 5.06. The molecule has 14 heavy (non-hydrogen) atoms. The number of benzene rings is 1. The fraction of sp³-hybridized carbons (Fsp3) is 0.100. The van der Waals surface area contributed by atoms with Gasteiger partial charge < -0.3 is 15.5 Å². The number of nitrogens with one attached hydrogen (secondary N) is 1. The van der Waals surface area contributed by atoms with Crippen molar-refractivity contribution in [1.29, 1.82) is 0 Å². The Morgan fingerprint density at radius 2 is 2.21 bits per heavy atom. The number of amides is 1. The van der Waals surface area contributed by atoms with Crippen LogP contribution >= 0.6 is 0 Å². The summed E-state index contributed by atoms with van der Waals surface area (Å²) in [5.41, 5.74) is 6.40. The van der Waals surface area contributed by atoms with E-state index in [-0.39, 0.29) is 0 Å². The molecule has 1 aromatic carbocycles. The molecule has 72 valence electrons. The highest BCUT2D eigenvalue weighted by molar-refractivity contribution is 5.97. The predicted molar refractivity (Wildman–Crippen MR) is 53.4 cm³/mol. The summed E-state index contributed by atoms with van der Waals surface area (Å²) in [6.45, 7) is 0. The zero-order valence-electron chi connectivity index (χ0n) is 7.70. The molecule has 0 saturated heterocycles. The van der Waals surface area contributed by atoms with Crippen LogP contribution < -0.4 is 10.5 Å². The Balaban J connectivity index is 2.60. The largest absolute Gasteiger partial charge is 0.497 e. The molecule has 0 atom stereocenters. The second-order valence-corrected chi connectivity index (χ2v) is 3.00. The zero-order chi connectivity index (χ0) is 10.1. The normalized spacial score (nSPS) is 10.4. The number of ether oxygens (including phenoxy) is 1. The van der Waals surface area contributed by atoms with Gasteiger partial charge in [-0.15, -0.1) is 0 Å². The van der Waals surface area contributed by atoms with Gasteiger partial charge in [0, 0.05) is 17.0 Å². The Kier molecular flexibility index (Phi) is 1.89. The summed E-state index contributed by atoms with van der Waals surface area (Å²) in [7, 11) is 1.60. The average Bonchev–Trinajstić information content (AvgIpc) is 2.59. The first kappa shape index (κ1) is 8.62. The number of rotatable bonds is 2. The van der Waals surface area contributed by atoms with E-state index in [1.165, 1.54) is 0 Å². The highest BCUT2D eigenvalue weighted by Gasteiger charge is 2.05. The standard InChI is InChI=1S/C10H10N2O2/c1-14-7-3-2-6-4-9(10(11)13)12-8(6)5-7/h2-5,12H,1H3,(H2,11,13). The van der Waals surface area contributed by atoms with Gasteiger partial charge in [0.05, 0.1) is 7.11 Å². The van der Waals surface area contributed by atoms with E-state index in [4.69, 9.17) is 10.5 Å². The van der Waals surface area contributed by atoms with E-state index >= 15 is 0 Å². The lowest BCUT2D eigenvalue weighted by atomic mass is 10.2. The van der Waals surface area contributed by atoms with Crippen LogP contribution in [-0.4, -0.2) is 18.0 Å². The molecule has 0 aliphatic carbocycles. The van der Waals surface area contributed by atoms with Crippen molar-refractivity contribution >= 4 is 16.8 Å². The summed E-state index contributed by atoms with van der Waals surface area (Å²) in [6, 6.07) is 7.25. The molecular formula is C10H10N2O2. The Labute approximate surface area is 80.7 Å². The molecule has 2 aromatic rings. The van der Waals surface area contributed by atoms with Gasteiger partial charge in [0.1, 0.15) is 11.4 Å². The van der Waals surface area contributed by atoms with Gasteiger partial charge in [-0.1, -0.05) is 0 Å². The second-order valence-electron chi connectivity index (χ2n) is 3.00. The van der Waals surface area contributed by atoms with E-state index in [0.717, 1.165) is 16.7 Å². The van der Waals surface area contributed by atoms with Crippen LogP contribution in [0.5, 0.6) is 5.75 Å². The maximum Gasteiger partial charge on any atom is 0.265 e. The molecule has 0 radical (unpaired) electrons. The van der Waals surface area contributed by atoms with Crippen molar-refractivity contribution in [3.8, 4) is 5.75 Å². The fourth-order valence-corrected chi connectivity index (χ4v) is 1.37. The molecule has 0 fully saturated rings. The fourth-order valence-electron chi connectivity index (χ4n) is 1.37. The van der Waals surface area contributed by atoms with Crippen LogP contribution in [0.15, 0.2) is 24.3 Å². The first-order valence-electron chi connectivity index (χ1n) is 4.17. The number of aromatic amines is 1. The molecule has 2 rings (SSSR count). The SMILES string of the molecule is COc1ccc2cc(C(N)=O)[nH]c2c1. The number of aromatic nitrogens is 1. The van der Waals surface area contributed by atoms with Crippen LogP contribution in [0.2, 0.25) is 0 Å². The van der Waals surface area contributed by atoms with Gasteiger partial charge in [-0.25, -0.2) is 0 Å². The van der Waals surface area contributed by atoms with Crippen LogP contribution in [0.1, 0.15) is 10.5 Å². The highest BCUT2D eigenvalue weighted by Crippen LogP contribution is 2.20. The smallest absolute Gasteiger partial charge is 0.265 e. The molecule has 0 spiro atoms. The summed E-state index contributed by atoms with van der Waals surface area (Å²) >= 11 is 0. The molecule has 0 saturated carbocycles. The molecule has 0 aliphatic heterocycles. The van der Waals surface area contributed by atoms with Crippen molar-refractivity contribution in [2.45, 2.75) is 0 Å². The van der Waals surface area contributed by atoms with Crippen LogP contribution in [0, 0.1) is 0 Å². The van der Waals surface area contributed by atoms with Gasteiger partial charge in [0.15, 0.2) is 0 Å². The predicted octanol–water partition coefficient (Wildman–Crippen LogP) is 1.28. The number of carbonyl (C=O) groups is 1. The number of carbonyl (C=O) groups excluding carboxylic acids is 1. The summed E-state index contributed by atoms with van der Waals surface area (Å²) in [5, 5.41) is 0.944. The lowest BCUT2D eigenvalue weighted by Gasteiger charge is -1.97. The van der Waals surface area contributed by atoms with Gasteiger partial charge >= 0.3 is 0 Å². The Hall–Kier alpha value is -1.97. The highest BCUT2D eigenvalue weighted by atomic mass is 16.5. The van der Waals surface area contributed by atoms with Crippen LogP contribution in [-0.2, 0) is 0 Å². The van der Waals surface area contributed by atoms with E-state index in [1.807, 2.05) is 18.2 Å². The summed E-state index contributed by atoms with van der Waals surface area (Å²) in [4.78, 5) is 13.8. The third kappa shape index (κ3) is 1.31. The van der Waals surface area contributed by atoms with Crippen molar-refractivity contribution in [3.63, 3.8) is 0 Å². The molecule has 1 amide bonds. The maximum atomic E-state index is 10.9. The van der Waals surface area contributed by atoms with Crippen molar-refractivity contribution in [2.24, 2.45) is 5.73 Å². The molecule has 1 heterocycles. The van der Waals surface area contributed by atoms with Crippen LogP contribution in [0.25, 0.3) is 10.9 Å². The van der Waals surface area contributed by atoms with Crippen LogP contribution in [0.4, 0.5) is 0 Å². The van der Waals surface area contributed by atoms with E-state index in [9.17, 15) is 4.79 Å². The molecule has 1 aromatic heterocycles. The lowest BCUT2D eigenvalue weighted by Crippen LogP contribution is -2.10. The molecule has 0 bridgehead atoms. The number of H-pyrrole nitrogens is 1. The van der Waals surface area contributed by atoms with Gasteiger partial charge in [0.2, 0.25) is 0 Å². The minimum Gasteiger partial charge on any atom is -0.497 e. The Morgan fingerprint density at radius 3 is 2.86 bits per heavy atom. The third-order valence-corrected chi connectivity index (χ3v) is 2.10. The van der Waals surface area contributed by atoms with Crippen molar-refractivity contribution in [2.75, 3.05) is 7.11 Å². The number of primary amides is 1. The van der Waals surface area contributed by atoms with E-state index in [1.54, 1.807) is 13.2 Å². The van der Waals surface area contributed by atoms with E-state index in [0.29, 0.717) is 5.69 Å².